The average molecular weight is 274 g/mol. The molecule has 0 saturated heterocycles. The van der Waals surface area contributed by atoms with Crippen LogP contribution >= 0.6 is 11.8 Å². The molecule has 1 aromatic heterocycles. The maximum atomic E-state index is 5.46. The number of rotatable bonds is 4. The molecule has 2 aromatic rings. The van der Waals surface area contributed by atoms with Gasteiger partial charge in [-0.1, -0.05) is 43.3 Å². The van der Waals surface area contributed by atoms with Gasteiger partial charge >= 0.3 is 0 Å². The molecule has 2 rings (SSSR count). The molecule has 1 heterocycles. The summed E-state index contributed by atoms with van der Waals surface area (Å²) in [5, 5.41) is 0.900. The number of anilines is 1. The Labute approximate surface area is 117 Å². The third kappa shape index (κ3) is 3.68. The average Bonchev–Trinajstić information content (AvgIpc) is 2.38. The van der Waals surface area contributed by atoms with Gasteiger partial charge in [-0.2, -0.15) is 0 Å². The van der Waals surface area contributed by atoms with Crippen molar-refractivity contribution in [3.05, 3.63) is 41.7 Å². The van der Waals surface area contributed by atoms with Crippen molar-refractivity contribution >= 4 is 17.6 Å². The first kappa shape index (κ1) is 13.8. The summed E-state index contributed by atoms with van der Waals surface area (Å²) < 4.78 is 0. The predicted octanol–water partition coefficient (Wildman–Crippen LogP) is 3.35. The summed E-state index contributed by atoms with van der Waals surface area (Å²) in [6, 6.07) is 10.2. The number of hydrogen-bond acceptors (Lipinski definition) is 5. The van der Waals surface area contributed by atoms with E-state index in [4.69, 9.17) is 5.84 Å². The van der Waals surface area contributed by atoms with Crippen LogP contribution in [-0.4, -0.2) is 9.97 Å². The summed E-state index contributed by atoms with van der Waals surface area (Å²) >= 11 is 1.62. The Kier molecular flexibility index (Phi) is 4.39. The quantitative estimate of drug-likeness (QED) is 0.508. The van der Waals surface area contributed by atoms with E-state index >= 15 is 0 Å². The standard InChI is InChI=1S/C14H18N4S/c1-9(2)14-16-12(18-15)8-13(17-14)19-11-6-4-5-10(3)7-11/h4-9H,15H2,1-3H3,(H,16,17,18). The molecule has 0 aliphatic carbocycles. The molecule has 0 amide bonds. The van der Waals surface area contributed by atoms with Crippen LogP contribution in [0.15, 0.2) is 40.3 Å². The van der Waals surface area contributed by atoms with Crippen molar-refractivity contribution < 1.29 is 0 Å². The number of hydrogen-bond donors (Lipinski definition) is 2. The topological polar surface area (TPSA) is 63.8 Å². The molecule has 5 heteroatoms. The van der Waals surface area contributed by atoms with Crippen LogP contribution in [-0.2, 0) is 0 Å². The first-order chi connectivity index (χ1) is 9.08. The third-order valence-corrected chi connectivity index (χ3v) is 3.50. The number of hydrazine groups is 1. The number of aromatic nitrogens is 2. The molecule has 0 fully saturated rings. The van der Waals surface area contributed by atoms with Gasteiger partial charge in [0.1, 0.15) is 16.7 Å². The van der Waals surface area contributed by atoms with Crippen molar-refractivity contribution in [1.82, 2.24) is 9.97 Å². The van der Waals surface area contributed by atoms with Gasteiger partial charge in [0.25, 0.3) is 0 Å². The molecule has 1 aromatic carbocycles. The molecular weight excluding hydrogens is 256 g/mol. The minimum absolute atomic E-state index is 0.269. The minimum Gasteiger partial charge on any atom is -0.308 e. The fourth-order valence-corrected chi connectivity index (χ4v) is 2.57. The summed E-state index contributed by atoms with van der Waals surface area (Å²) in [7, 11) is 0. The molecular formula is C14H18N4S. The number of nitrogens with two attached hydrogens (primary N) is 1. The molecule has 0 aliphatic heterocycles. The number of nitrogens with zero attached hydrogens (tertiary/aromatic N) is 2. The second-order valence-electron chi connectivity index (χ2n) is 4.67. The van der Waals surface area contributed by atoms with Crippen molar-refractivity contribution in [3.8, 4) is 0 Å². The number of benzene rings is 1. The van der Waals surface area contributed by atoms with Gasteiger partial charge in [-0.3, -0.25) is 0 Å². The second kappa shape index (κ2) is 6.04. The zero-order valence-corrected chi connectivity index (χ0v) is 12.2. The summed E-state index contributed by atoms with van der Waals surface area (Å²) in [4.78, 5) is 10.1. The van der Waals surface area contributed by atoms with Gasteiger partial charge in [-0.25, -0.2) is 15.8 Å². The first-order valence-corrected chi connectivity index (χ1v) is 7.00. The van der Waals surface area contributed by atoms with Crippen molar-refractivity contribution in [2.75, 3.05) is 5.43 Å². The summed E-state index contributed by atoms with van der Waals surface area (Å²) in [6.07, 6.45) is 0. The Hall–Kier alpha value is -1.59. The van der Waals surface area contributed by atoms with E-state index in [0.717, 1.165) is 15.7 Å². The highest BCUT2D eigenvalue weighted by Crippen LogP contribution is 2.28. The lowest BCUT2D eigenvalue weighted by atomic mass is 10.2. The molecule has 100 valence electrons. The Balaban J connectivity index is 2.31. The van der Waals surface area contributed by atoms with Crippen molar-refractivity contribution in [2.24, 2.45) is 5.84 Å². The molecule has 4 nitrogen and oxygen atoms in total. The molecule has 0 aliphatic rings. The highest BCUT2D eigenvalue weighted by atomic mass is 32.2. The van der Waals surface area contributed by atoms with Gasteiger partial charge in [0.2, 0.25) is 0 Å². The number of nitrogens with one attached hydrogen (secondary N) is 1. The summed E-state index contributed by atoms with van der Waals surface area (Å²) in [5.74, 6) is 7.17. The third-order valence-electron chi connectivity index (χ3n) is 2.60. The lowest BCUT2D eigenvalue weighted by Gasteiger charge is -2.09. The van der Waals surface area contributed by atoms with Gasteiger partial charge < -0.3 is 5.43 Å². The maximum Gasteiger partial charge on any atom is 0.144 e. The van der Waals surface area contributed by atoms with E-state index in [0.29, 0.717) is 5.82 Å². The zero-order chi connectivity index (χ0) is 13.8. The zero-order valence-electron chi connectivity index (χ0n) is 11.3. The van der Waals surface area contributed by atoms with E-state index in [-0.39, 0.29) is 5.92 Å². The monoisotopic (exact) mass is 274 g/mol. The predicted molar refractivity (Wildman–Crippen MR) is 79.2 cm³/mol. The Bertz CT molecular complexity index is 569. The van der Waals surface area contributed by atoms with Gasteiger partial charge in [-0.15, -0.1) is 0 Å². The lowest BCUT2D eigenvalue weighted by molar-refractivity contribution is 0.754. The van der Waals surface area contributed by atoms with E-state index in [1.807, 2.05) is 12.1 Å². The van der Waals surface area contributed by atoms with Crippen LogP contribution in [0, 0.1) is 6.92 Å². The smallest absolute Gasteiger partial charge is 0.144 e. The highest BCUT2D eigenvalue weighted by Gasteiger charge is 2.08. The van der Waals surface area contributed by atoms with Crippen LogP contribution in [0.1, 0.15) is 31.2 Å². The van der Waals surface area contributed by atoms with Gasteiger partial charge in [-0.05, 0) is 19.1 Å². The van der Waals surface area contributed by atoms with Crippen LogP contribution in [0.25, 0.3) is 0 Å². The summed E-state index contributed by atoms with van der Waals surface area (Å²) in [5.41, 5.74) is 3.83. The molecule has 0 radical (unpaired) electrons. The van der Waals surface area contributed by atoms with Crippen LogP contribution in [0.3, 0.4) is 0 Å². The van der Waals surface area contributed by atoms with Crippen molar-refractivity contribution in [2.45, 2.75) is 36.6 Å². The van der Waals surface area contributed by atoms with E-state index in [9.17, 15) is 0 Å². The summed E-state index contributed by atoms with van der Waals surface area (Å²) in [6.45, 7) is 6.21. The van der Waals surface area contributed by atoms with Crippen LogP contribution in [0.4, 0.5) is 5.82 Å². The maximum absolute atomic E-state index is 5.46. The van der Waals surface area contributed by atoms with Crippen LogP contribution in [0.2, 0.25) is 0 Å². The highest BCUT2D eigenvalue weighted by molar-refractivity contribution is 7.99. The fraction of sp³-hybridized carbons (Fsp3) is 0.286. The van der Waals surface area contributed by atoms with Crippen molar-refractivity contribution in [1.29, 1.82) is 0 Å². The Morgan fingerprint density at radius 1 is 1.21 bits per heavy atom. The normalized spacial score (nSPS) is 10.8. The van der Waals surface area contributed by atoms with Crippen molar-refractivity contribution in [3.63, 3.8) is 0 Å². The Morgan fingerprint density at radius 2 is 2.00 bits per heavy atom. The van der Waals surface area contributed by atoms with Crippen LogP contribution < -0.4 is 11.3 Å². The van der Waals surface area contributed by atoms with E-state index in [1.54, 1.807) is 11.8 Å². The van der Waals surface area contributed by atoms with Gasteiger partial charge in [0.15, 0.2) is 0 Å². The molecule has 0 bridgehead atoms. The number of nitrogen functional groups attached to an aromatic ring is 1. The van der Waals surface area contributed by atoms with E-state index in [1.165, 1.54) is 5.56 Å². The fourth-order valence-electron chi connectivity index (χ4n) is 1.63. The lowest BCUT2D eigenvalue weighted by Crippen LogP contribution is -2.11. The molecule has 3 N–H and O–H groups in total. The largest absolute Gasteiger partial charge is 0.308 e. The molecule has 0 unspecified atom stereocenters. The van der Waals surface area contributed by atoms with E-state index < -0.39 is 0 Å². The van der Waals surface area contributed by atoms with Crippen LogP contribution in [0.5, 0.6) is 0 Å². The SMILES string of the molecule is Cc1cccc(Sc2cc(NN)nc(C(C)C)n2)c1. The molecule has 0 spiro atoms. The van der Waals surface area contributed by atoms with Gasteiger partial charge in [0, 0.05) is 16.9 Å². The number of aryl methyl sites for hydroxylation is 1. The molecule has 19 heavy (non-hydrogen) atoms. The Morgan fingerprint density at radius 3 is 2.63 bits per heavy atom. The van der Waals surface area contributed by atoms with E-state index in [2.05, 4.69) is 54.4 Å². The molecule has 0 saturated carbocycles. The van der Waals surface area contributed by atoms with Gasteiger partial charge in [0.05, 0.1) is 0 Å². The first-order valence-electron chi connectivity index (χ1n) is 6.18. The molecule has 0 atom stereocenters. The second-order valence-corrected chi connectivity index (χ2v) is 5.76. The minimum atomic E-state index is 0.269.